The molecule has 0 N–H and O–H groups in total. The summed E-state index contributed by atoms with van der Waals surface area (Å²) in [5, 5.41) is 12.7. The molecular formula is C14H13N5O2. The largest absolute Gasteiger partial charge is 0.471 e. The van der Waals surface area contributed by atoms with Crippen LogP contribution in [0.1, 0.15) is 5.56 Å². The van der Waals surface area contributed by atoms with Crippen molar-refractivity contribution in [3.05, 3.63) is 42.4 Å². The van der Waals surface area contributed by atoms with Crippen LogP contribution < -0.4 is 4.74 Å². The number of hydrogen-bond acceptors (Lipinski definition) is 5. The zero-order chi connectivity index (χ0) is 14.7. The third-order valence-corrected chi connectivity index (χ3v) is 3.21. The van der Waals surface area contributed by atoms with Gasteiger partial charge in [0.2, 0.25) is 11.8 Å². The maximum absolute atomic E-state index is 11.9. The standard InChI is InChI=1S/C14H13N5O2/c15-6-11-2-3-13(16-7-11)21-12-8-18(9-12)14(20)10-19-5-1-4-17-19/h1-5,7,12H,8-10H2. The number of likely N-dealkylation sites (tertiary alicyclic amines) is 1. The topological polar surface area (TPSA) is 84.0 Å². The predicted molar refractivity (Wildman–Crippen MR) is 72.2 cm³/mol. The highest BCUT2D eigenvalue weighted by Crippen LogP contribution is 2.16. The lowest BCUT2D eigenvalue weighted by atomic mass is 10.1. The molecular weight excluding hydrogens is 270 g/mol. The van der Waals surface area contributed by atoms with Gasteiger partial charge >= 0.3 is 0 Å². The van der Waals surface area contributed by atoms with E-state index in [0.717, 1.165) is 0 Å². The van der Waals surface area contributed by atoms with Crippen molar-refractivity contribution in [2.45, 2.75) is 12.6 Å². The minimum Gasteiger partial charge on any atom is -0.471 e. The second kappa shape index (κ2) is 5.63. The number of nitriles is 1. The number of nitrogens with zero attached hydrogens (tertiary/aromatic N) is 5. The minimum atomic E-state index is -0.0491. The van der Waals surface area contributed by atoms with E-state index in [1.165, 1.54) is 6.20 Å². The van der Waals surface area contributed by atoms with Gasteiger partial charge in [-0.15, -0.1) is 0 Å². The van der Waals surface area contributed by atoms with Crippen molar-refractivity contribution in [2.24, 2.45) is 0 Å². The average Bonchev–Trinajstić information content (AvgIpc) is 2.95. The lowest BCUT2D eigenvalue weighted by Crippen LogP contribution is -2.57. The molecule has 1 amide bonds. The summed E-state index contributed by atoms with van der Waals surface area (Å²) in [6.07, 6.45) is 4.82. The van der Waals surface area contributed by atoms with Gasteiger partial charge in [0.05, 0.1) is 18.7 Å². The van der Waals surface area contributed by atoms with E-state index in [4.69, 9.17) is 10.00 Å². The minimum absolute atomic E-state index is 0.0198. The van der Waals surface area contributed by atoms with Gasteiger partial charge < -0.3 is 9.64 Å². The molecule has 2 aromatic rings. The third-order valence-electron chi connectivity index (χ3n) is 3.21. The summed E-state index contributed by atoms with van der Waals surface area (Å²) in [6, 6.07) is 7.10. The summed E-state index contributed by atoms with van der Waals surface area (Å²) < 4.78 is 7.22. The second-order valence-corrected chi connectivity index (χ2v) is 4.74. The van der Waals surface area contributed by atoms with Crippen molar-refractivity contribution in [3.8, 4) is 11.9 Å². The summed E-state index contributed by atoms with van der Waals surface area (Å²) in [5.41, 5.74) is 0.493. The van der Waals surface area contributed by atoms with Crippen LogP contribution in [-0.2, 0) is 11.3 Å². The first kappa shape index (κ1) is 13.1. The maximum Gasteiger partial charge on any atom is 0.244 e. The van der Waals surface area contributed by atoms with Crippen molar-refractivity contribution in [1.29, 1.82) is 5.26 Å². The van der Waals surface area contributed by atoms with Crippen LogP contribution in [-0.4, -0.2) is 44.8 Å². The van der Waals surface area contributed by atoms with Gasteiger partial charge in [0.15, 0.2) is 0 Å². The van der Waals surface area contributed by atoms with Gasteiger partial charge in [-0.1, -0.05) is 0 Å². The van der Waals surface area contributed by atoms with E-state index in [1.807, 2.05) is 6.07 Å². The van der Waals surface area contributed by atoms with Crippen molar-refractivity contribution in [2.75, 3.05) is 13.1 Å². The number of ether oxygens (including phenoxy) is 1. The number of rotatable bonds is 4. The van der Waals surface area contributed by atoms with Gasteiger partial charge in [-0.25, -0.2) is 4.98 Å². The van der Waals surface area contributed by atoms with Crippen molar-refractivity contribution in [3.63, 3.8) is 0 Å². The molecule has 0 unspecified atom stereocenters. The highest BCUT2D eigenvalue weighted by Gasteiger charge is 2.32. The Labute approximate surface area is 121 Å². The molecule has 0 atom stereocenters. The molecule has 0 saturated carbocycles. The summed E-state index contributed by atoms with van der Waals surface area (Å²) >= 11 is 0. The van der Waals surface area contributed by atoms with Gasteiger partial charge in [0, 0.05) is 24.7 Å². The number of carbonyl (C=O) groups is 1. The van der Waals surface area contributed by atoms with Gasteiger partial charge in [0.1, 0.15) is 18.7 Å². The van der Waals surface area contributed by atoms with Crippen LogP contribution in [0.5, 0.6) is 5.88 Å². The second-order valence-electron chi connectivity index (χ2n) is 4.74. The number of carbonyl (C=O) groups excluding carboxylic acids is 1. The molecule has 0 aromatic carbocycles. The molecule has 2 aromatic heterocycles. The highest BCUT2D eigenvalue weighted by atomic mass is 16.5. The molecule has 7 nitrogen and oxygen atoms in total. The van der Waals surface area contributed by atoms with E-state index in [-0.39, 0.29) is 18.6 Å². The van der Waals surface area contributed by atoms with E-state index < -0.39 is 0 Å². The maximum atomic E-state index is 11.9. The molecule has 0 spiro atoms. The number of aromatic nitrogens is 3. The Morgan fingerprint density at radius 3 is 2.95 bits per heavy atom. The van der Waals surface area contributed by atoms with E-state index in [0.29, 0.717) is 24.5 Å². The van der Waals surface area contributed by atoms with Crippen LogP contribution in [0.4, 0.5) is 0 Å². The van der Waals surface area contributed by atoms with Crippen LogP contribution in [0.2, 0.25) is 0 Å². The molecule has 1 saturated heterocycles. The first-order valence-electron chi connectivity index (χ1n) is 6.52. The number of hydrogen-bond donors (Lipinski definition) is 0. The molecule has 1 aliphatic heterocycles. The van der Waals surface area contributed by atoms with Gasteiger partial charge in [0.25, 0.3) is 0 Å². The molecule has 0 radical (unpaired) electrons. The number of pyridine rings is 1. The Kier molecular flexibility index (Phi) is 3.51. The molecule has 1 fully saturated rings. The Bertz CT molecular complexity index is 654. The molecule has 106 valence electrons. The zero-order valence-corrected chi connectivity index (χ0v) is 11.2. The lowest BCUT2D eigenvalue weighted by molar-refractivity contribution is -0.140. The van der Waals surface area contributed by atoms with E-state index in [9.17, 15) is 4.79 Å². The van der Waals surface area contributed by atoms with Gasteiger partial charge in [-0.3, -0.25) is 9.48 Å². The van der Waals surface area contributed by atoms with Gasteiger partial charge in [-0.05, 0) is 12.1 Å². The van der Waals surface area contributed by atoms with Crippen LogP contribution in [0.3, 0.4) is 0 Å². The normalized spacial score (nSPS) is 14.3. The van der Waals surface area contributed by atoms with E-state index in [1.54, 1.807) is 40.2 Å². The zero-order valence-electron chi connectivity index (χ0n) is 11.2. The Morgan fingerprint density at radius 2 is 2.33 bits per heavy atom. The SMILES string of the molecule is N#Cc1ccc(OC2CN(C(=O)Cn3cccn3)C2)nc1. The fourth-order valence-corrected chi connectivity index (χ4v) is 2.04. The molecule has 21 heavy (non-hydrogen) atoms. The summed E-state index contributed by atoms with van der Waals surface area (Å²) in [7, 11) is 0. The predicted octanol–water partition coefficient (Wildman–Crippen LogP) is 0.440. The van der Waals surface area contributed by atoms with Crippen LogP contribution in [0.25, 0.3) is 0 Å². The highest BCUT2D eigenvalue weighted by molar-refractivity contribution is 5.76. The number of amides is 1. The molecule has 7 heteroatoms. The van der Waals surface area contributed by atoms with Crippen molar-refractivity contribution >= 4 is 5.91 Å². The van der Waals surface area contributed by atoms with E-state index >= 15 is 0 Å². The lowest BCUT2D eigenvalue weighted by Gasteiger charge is -2.38. The van der Waals surface area contributed by atoms with Crippen molar-refractivity contribution < 1.29 is 9.53 Å². The monoisotopic (exact) mass is 283 g/mol. The molecule has 3 heterocycles. The Balaban J connectivity index is 1.47. The van der Waals surface area contributed by atoms with Gasteiger partial charge in [-0.2, -0.15) is 10.4 Å². The molecule has 0 bridgehead atoms. The van der Waals surface area contributed by atoms with E-state index in [2.05, 4.69) is 10.1 Å². The fraction of sp³-hybridized carbons (Fsp3) is 0.286. The Hall–Kier alpha value is -2.88. The molecule has 1 aliphatic rings. The quantitative estimate of drug-likeness (QED) is 0.813. The van der Waals surface area contributed by atoms with Crippen LogP contribution >= 0.6 is 0 Å². The smallest absolute Gasteiger partial charge is 0.244 e. The third kappa shape index (κ3) is 3.00. The first-order chi connectivity index (χ1) is 10.2. The molecule has 3 rings (SSSR count). The van der Waals surface area contributed by atoms with Crippen molar-refractivity contribution in [1.82, 2.24) is 19.7 Å². The fourth-order valence-electron chi connectivity index (χ4n) is 2.04. The summed E-state index contributed by atoms with van der Waals surface area (Å²) in [5.74, 6) is 0.490. The summed E-state index contributed by atoms with van der Waals surface area (Å²) in [6.45, 7) is 1.33. The summed E-state index contributed by atoms with van der Waals surface area (Å²) in [4.78, 5) is 17.7. The average molecular weight is 283 g/mol. The van der Waals surface area contributed by atoms with Crippen LogP contribution in [0, 0.1) is 11.3 Å². The van der Waals surface area contributed by atoms with Crippen LogP contribution in [0.15, 0.2) is 36.8 Å². The molecule has 0 aliphatic carbocycles. The first-order valence-corrected chi connectivity index (χ1v) is 6.52. The Morgan fingerprint density at radius 1 is 1.48 bits per heavy atom.